The lowest BCUT2D eigenvalue weighted by Gasteiger charge is -2.14. The maximum absolute atomic E-state index is 12.7. The second-order valence-electron chi connectivity index (χ2n) is 7.82. The Hall–Kier alpha value is -2.66. The van der Waals surface area contributed by atoms with Crippen LogP contribution in [0, 0.1) is 6.92 Å². The van der Waals surface area contributed by atoms with Crippen molar-refractivity contribution in [2.24, 2.45) is 0 Å². The summed E-state index contributed by atoms with van der Waals surface area (Å²) in [5.74, 6) is -0.114. The topological polar surface area (TPSA) is 112 Å². The smallest absolute Gasteiger partial charge is 0.341 e. The van der Waals surface area contributed by atoms with E-state index in [0.717, 1.165) is 53.6 Å². The van der Waals surface area contributed by atoms with E-state index >= 15 is 0 Å². The van der Waals surface area contributed by atoms with Crippen LogP contribution in [0.15, 0.2) is 21.9 Å². The molecule has 1 aliphatic carbocycles. The van der Waals surface area contributed by atoms with Crippen molar-refractivity contribution in [3.63, 3.8) is 0 Å². The number of hydrogen-bond acceptors (Lipinski definition) is 9. The van der Waals surface area contributed by atoms with Crippen molar-refractivity contribution in [3.8, 4) is 0 Å². The molecular formula is C21H25N5O4S2. The first-order valence-electron chi connectivity index (χ1n) is 10.5. The van der Waals surface area contributed by atoms with Gasteiger partial charge in [0.15, 0.2) is 0 Å². The van der Waals surface area contributed by atoms with E-state index in [4.69, 9.17) is 9.15 Å². The first-order valence-corrected chi connectivity index (χ1v) is 12.3. The second-order valence-corrected chi connectivity index (χ2v) is 9.85. The number of thioether (sulfide) groups is 1. The van der Waals surface area contributed by atoms with Gasteiger partial charge in [0, 0.05) is 11.1 Å². The van der Waals surface area contributed by atoms with E-state index in [2.05, 4.69) is 20.6 Å². The quantitative estimate of drug-likeness (QED) is 0.386. The van der Waals surface area contributed by atoms with Crippen molar-refractivity contribution in [2.75, 3.05) is 11.1 Å². The Morgan fingerprint density at radius 3 is 2.88 bits per heavy atom. The number of amides is 1. The molecule has 0 aromatic carbocycles. The number of hydrogen-bond donors (Lipinski definition) is 1. The number of anilines is 1. The summed E-state index contributed by atoms with van der Waals surface area (Å²) < 4.78 is 12.7. The lowest BCUT2D eigenvalue weighted by Crippen LogP contribution is -2.18. The Balaban J connectivity index is 1.39. The fourth-order valence-corrected chi connectivity index (χ4v) is 5.36. The lowest BCUT2D eigenvalue weighted by atomic mass is 9.95. The minimum atomic E-state index is -0.377. The first-order chi connectivity index (χ1) is 15.4. The molecule has 0 unspecified atom stereocenters. The highest BCUT2D eigenvalue weighted by Gasteiger charge is 2.28. The van der Waals surface area contributed by atoms with Gasteiger partial charge in [-0.2, -0.15) is 5.10 Å². The van der Waals surface area contributed by atoms with Gasteiger partial charge in [0.05, 0.1) is 23.1 Å². The summed E-state index contributed by atoms with van der Waals surface area (Å²) in [6, 6.07) is 1.89. The van der Waals surface area contributed by atoms with Crippen molar-refractivity contribution in [1.29, 1.82) is 0 Å². The number of aromatic nitrogens is 4. The zero-order valence-corrected chi connectivity index (χ0v) is 19.8. The third-order valence-corrected chi connectivity index (χ3v) is 6.84. The van der Waals surface area contributed by atoms with E-state index in [0.29, 0.717) is 28.2 Å². The van der Waals surface area contributed by atoms with E-state index in [1.54, 1.807) is 4.68 Å². The van der Waals surface area contributed by atoms with E-state index in [9.17, 15) is 9.59 Å². The molecule has 3 aromatic rings. The lowest BCUT2D eigenvalue weighted by molar-refractivity contribution is -0.113. The number of carbonyl (C=O) groups excluding carboxylic acids is 2. The van der Waals surface area contributed by atoms with Gasteiger partial charge in [-0.3, -0.25) is 9.48 Å². The normalized spacial score (nSPS) is 13.2. The molecule has 32 heavy (non-hydrogen) atoms. The van der Waals surface area contributed by atoms with Gasteiger partial charge in [-0.15, -0.1) is 21.5 Å². The molecule has 9 nitrogen and oxygen atoms in total. The van der Waals surface area contributed by atoms with Crippen LogP contribution in [-0.4, -0.2) is 43.7 Å². The number of nitrogens with zero attached hydrogens (tertiary/aromatic N) is 4. The van der Waals surface area contributed by atoms with Crippen molar-refractivity contribution in [2.45, 2.75) is 64.3 Å². The maximum atomic E-state index is 12.7. The average molecular weight is 476 g/mol. The number of nitrogens with one attached hydrogen (secondary N) is 1. The van der Waals surface area contributed by atoms with Crippen molar-refractivity contribution >= 4 is 40.0 Å². The van der Waals surface area contributed by atoms with Crippen LogP contribution in [0.2, 0.25) is 0 Å². The SMILES string of the molecule is Cc1ccn(Cc2nnc(SCC(=O)Nc3sc4c(c3C(=O)OC(C)C)CCCC4)o2)n1. The molecule has 0 atom stereocenters. The fraction of sp³-hybridized carbons (Fsp3) is 0.476. The molecule has 0 bridgehead atoms. The Morgan fingerprint density at radius 1 is 1.31 bits per heavy atom. The Morgan fingerprint density at radius 2 is 2.12 bits per heavy atom. The van der Waals surface area contributed by atoms with Gasteiger partial charge in [0.25, 0.3) is 5.22 Å². The predicted molar refractivity (Wildman–Crippen MR) is 121 cm³/mol. The number of thiophene rings is 1. The Labute approximate surface area is 193 Å². The molecule has 1 aliphatic rings. The number of esters is 1. The van der Waals surface area contributed by atoms with Gasteiger partial charge >= 0.3 is 5.97 Å². The third-order valence-electron chi connectivity index (χ3n) is 4.82. The summed E-state index contributed by atoms with van der Waals surface area (Å²) in [5, 5.41) is 16.0. The van der Waals surface area contributed by atoms with Crippen LogP contribution >= 0.6 is 23.1 Å². The minimum absolute atomic E-state index is 0.0870. The van der Waals surface area contributed by atoms with E-state index in [1.165, 1.54) is 11.3 Å². The molecule has 0 fully saturated rings. The van der Waals surface area contributed by atoms with Crippen molar-refractivity contribution in [3.05, 3.63) is 39.9 Å². The number of fused-ring (bicyclic) bond motifs is 1. The molecular weight excluding hydrogens is 450 g/mol. The molecule has 11 heteroatoms. The monoisotopic (exact) mass is 475 g/mol. The number of carbonyl (C=O) groups is 2. The highest BCUT2D eigenvalue weighted by Crippen LogP contribution is 2.38. The zero-order chi connectivity index (χ0) is 22.7. The molecule has 3 heterocycles. The molecule has 4 rings (SSSR count). The molecule has 1 N–H and O–H groups in total. The van der Waals surface area contributed by atoms with Gasteiger partial charge in [-0.05, 0) is 58.1 Å². The van der Waals surface area contributed by atoms with Crippen LogP contribution < -0.4 is 5.32 Å². The van der Waals surface area contributed by atoms with Gasteiger partial charge in [0.2, 0.25) is 11.8 Å². The standard InChI is InChI=1S/C21H25N5O4S2/c1-12(2)29-20(28)18-14-6-4-5-7-15(14)32-19(18)22-16(27)11-31-21-24-23-17(30-21)10-26-9-8-13(3)25-26/h8-9,12H,4-7,10-11H2,1-3H3,(H,22,27). The largest absolute Gasteiger partial charge is 0.459 e. The van der Waals surface area contributed by atoms with Crippen LogP contribution in [0.1, 0.15) is 59.1 Å². The Kier molecular flexibility index (Phi) is 6.95. The molecule has 0 spiro atoms. The highest BCUT2D eigenvalue weighted by atomic mass is 32.2. The predicted octanol–water partition coefficient (Wildman–Crippen LogP) is 3.86. The summed E-state index contributed by atoms with van der Waals surface area (Å²) >= 11 is 2.62. The number of rotatable bonds is 8. The zero-order valence-electron chi connectivity index (χ0n) is 18.2. The van der Waals surface area contributed by atoms with Gasteiger partial charge in [-0.1, -0.05) is 11.8 Å². The Bertz CT molecular complexity index is 1120. The summed E-state index contributed by atoms with van der Waals surface area (Å²) in [5.41, 5.74) is 2.43. The fourth-order valence-electron chi connectivity index (χ4n) is 3.48. The summed E-state index contributed by atoms with van der Waals surface area (Å²) in [6.45, 7) is 5.91. The van der Waals surface area contributed by atoms with E-state index in [1.807, 2.05) is 33.0 Å². The van der Waals surface area contributed by atoms with Gasteiger partial charge in [0.1, 0.15) is 11.5 Å². The number of ether oxygens (including phenoxy) is 1. The summed E-state index contributed by atoms with van der Waals surface area (Å²) in [7, 11) is 0. The molecule has 0 saturated heterocycles. The maximum Gasteiger partial charge on any atom is 0.341 e. The average Bonchev–Trinajstić information content (AvgIpc) is 3.44. The molecule has 0 aliphatic heterocycles. The van der Waals surface area contributed by atoms with Gasteiger partial charge < -0.3 is 14.5 Å². The first kappa shape index (κ1) is 22.5. The molecule has 3 aromatic heterocycles. The van der Waals surface area contributed by atoms with E-state index in [-0.39, 0.29) is 23.7 Å². The van der Waals surface area contributed by atoms with Crippen LogP contribution in [0.5, 0.6) is 0 Å². The van der Waals surface area contributed by atoms with Crippen LogP contribution in [0.4, 0.5) is 5.00 Å². The van der Waals surface area contributed by atoms with Crippen molar-refractivity contribution < 1.29 is 18.7 Å². The molecule has 170 valence electrons. The van der Waals surface area contributed by atoms with Crippen LogP contribution in [-0.2, 0) is 28.9 Å². The summed E-state index contributed by atoms with van der Waals surface area (Å²) in [4.78, 5) is 26.5. The molecule has 0 saturated carbocycles. The highest BCUT2D eigenvalue weighted by molar-refractivity contribution is 7.99. The van der Waals surface area contributed by atoms with Crippen molar-refractivity contribution in [1.82, 2.24) is 20.0 Å². The van der Waals surface area contributed by atoms with Crippen LogP contribution in [0.3, 0.4) is 0 Å². The summed E-state index contributed by atoms with van der Waals surface area (Å²) in [6.07, 6.45) is 5.49. The van der Waals surface area contributed by atoms with Crippen LogP contribution in [0.25, 0.3) is 0 Å². The van der Waals surface area contributed by atoms with E-state index < -0.39 is 0 Å². The van der Waals surface area contributed by atoms with Gasteiger partial charge in [-0.25, -0.2) is 4.79 Å². The second kappa shape index (κ2) is 9.86. The minimum Gasteiger partial charge on any atom is -0.459 e. The molecule has 1 amide bonds. The number of aryl methyl sites for hydroxylation is 2. The third kappa shape index (κ3) is 5.39. The molecule has 0 radical (unpaired) electrons.